The van der Waals surface area contributed by atoms with E-state index in [9.17, 15) is 4.79 Å². The number of nitrogens with one attached hydrogen (secondary N) is 1. The highest BCUT2D eigenvalue weighted by Crippen LogP contribution is 2.15. The Hall–Kier alpha value is -1.03. The molecule has 2 unspecified atom stereocenters. The van der Waals surface area contributed by atoms with Crippen LogP contribution in [0.5, 0.6) is 0 Å². The molecule has 0 spiro atoms. The summed E-state index contributed by atoms with van der Waals surface area (Å²) in [5, 5.41) is 11.6. The van der Waals surface area contributed by atoms with Crippen LogP contribution in [0.15, 0.2) is 12.2 Å². The molecule has 80 valence electrons. The topological polar surface area (TPSA) is 58.6 Å². The lowest BCUT2D eigenvalue weighted by Gasteiger charge is -2.24. The summed E-state index contributed by atoms with van der Waals surface area (Å²) in [5.74, 6) is 0. The zero-order chi connectivity index (χ0) is 10.4. The Kier molecular flexibility index (Phi) is 4.46. The monoisotopic (exact) mass is 199 g/mol. The van der Waals surface area contributed by atoms with Crippen molar-refractivity contribution in [2.75, 3.05) is 7.05 Å². The summed E-state index contributed by atoms with van der Waals surface area (Å²) in [6, 6.07) is 0.0997. The van der Waals surface area contributed by atoms with Gasteiger partial charge in [-0.2, -0.15) is 0 Å². The molecule has 1 rings (SSSR count). The molecule has 0 amide bonds. The summed E-state index contributed by atoms with van der Waals surface area (Å²) in [7, 11) is 1.83. The second-order valence-corrected chi connectivity index (χ2v) is 3.46. The predicted molar refractivity (Wildman–Crippen MR) is 53.4 cm³/mol. The Morgan fingerprint density at radius 2 is 2.36 bits per heavy atom. The van der Waals surface area contributed by atoms with Gasteiger partial charge in [-0.1, -0.05) is 12.5 Å². The first-order valence-electron chi connectivity index (χ1n) is 4.97. The first kappa shape index (κ1) is 11.0. The lowest BCUT2D eigenvalue weighted by Crippen LogP contribution is -2.39. The molecule has 0 saturated carbocycles. The predicted octanol–water partition coefficient (Wildman–Crippen LogP) is 1.77. The Balaban J connectivity index is 2.61. The van der Waals surface area contributed by atoms with Crippen LogP contribution in [0.25, 0.3) is 0 Å². The van der Waals surface area contributed by atoms with Gasteiger partial charge < -0.3 is 15.2 Å². The Labute approximate surface area is 83.9 Å². The second kappa shape index (κ2) is 5.65. The van der Waals surface area contributed by atoms with Crippen molar-refractivity contribution in [1.29, 1.82) is 0 Å². The highest BCUT2D eigenvalue weighted by atomic mass is 16.7. The Bertz CT molecular complexity index is 215. The van der Waals surface area contributed by atoms with Crippen LogP contribution in [0.3, 0.4) is 0 Å². The number of carbonyl (C=O) groups is 1. The van der Waals surface area contributed by atoms with E-state index >= 15 is 0 Å². The van der Waals surface area contributed by atoms with E-state index < -0.39 is 6.16 Å². The van der Waals surface area contributed by atoms with Gasteiger partial charge in [0.2, 0.25) is 0 Å². The molecule has 2 N–H and O–H groups in total. The molecule has 0 bridgehead atoms. The third-order valence-corrected chi connectivity index (χ3v) is 2.47. The van der Waals surface area contributed by atoms with Gasteiger partial charge in [-0.3, -0.25) is 0 Å². The maximum atomic E-state index is 10.4. The maximum Gasteiger partial charge on any atom is 0.506 e. The average molecular weight is 199 g/mol. The van der Waals surface area contributed by atoms with Gasteiger partial charge >= 0.3 is 6.16 Å². The molecule has 0 radical (unpaired) electrons. The normalized spacial score (nSPS) is 30.1. The van der Waals surface area contributed by atoms with Crippen molar-refractivity contribution < 1.29 is 14.6 Å². The van der Waals surface area contributed by atoms with Crippen molar-refractivity contribution in [2.45, 2.75) is 37.8 Å². The van der Waals surface area contributed by atoms with Crippen LogP contribution < -0.4 is 5.32 Å². The maximum absolute atomic E-state index is 10.4. The lowest BCUT2D eigenvalue weighted by atomic mass is 9.99. The van der Waals surface area contributed by atoms with Gasteiger partial charge in [-0.05, 0) is 32.4 Å². The highest BCUT2D eigenvalue weighted by molar-refractivity contribution is 5.57. The molecular formula is C10H17NO3. The third-order valence-electron chi connectivity index (χ3n) is 2.47. The zero-order valence-electron chi connectivity index (χ0n) is 8.40. The number of allylic oxidation sites excluding steroid dienone is 1. The molecule has 0 heterocycles. The van der Waals surface area contributed by atoms with Gasteiger partial charge in [0.1, 0.15) is 6.10 Å². The van der Waals surface area contributed by atoms with Gasteiger partial charge in [-0.15, -0.1) is 0 Å². The van der Waals surface area contributed by atoms with Crippen molar-refractivity contribution >= 4 is 6.16 Å². The molecule has 2 atom stereocenters. The van der Waals surface area contributed by atoms with E-state index in [0.717, 1.165) is 25.7 Å². The van der Waals surface area contributed by atoms with Crippen LogP contribution in [-0.2, 0) is 4.74 Å². The smallest absolute Gasteiger partial charge is 0.450 e. The minimum Gasteiger partial charge on any atom is -0.450 e. The summed E-state index contributed by atoms with van der Waals surface area (Å²) < 4.78 is 4.80. The Morgan fingerprint density at radius 3 is 3.00 bits per heavy atom. The molecule has 0 aromatic rings. The summed E-state index contributed by atoms with van der Waals surface area (Å²) >= 11 is 0. The third kappa shape index (κ3) is 3.38. The van der Waals surface area contributed by atoms with Crippen LogP contribution in [0.2, 0.25) is 0 Å². The summed E-state index contributed by atoms with van der Waals surface area (Å²) in [5.41, 5.74) is 0. The van der Waals surface area contributed by atoms with Crippen LogP contribution in [-0.4, -0.2) is 30.5 Å². The van der Waals surface area contributed by atoms with E-state index in [0.29, 0.717) is 0 Å². The van der Waals surface area contributed by atoms with E-state index in [1.54, 1.807) is 0 Å². The van der Waals surface area contributed by atoms with Gasteiger partial charge in [0, 0.05) is 6.04 Å². The van der Waals surface area contributed by atoms with Crippen molar-refractivity contribution in [3.8, 4) is 0 Å². The molecule has 0 saturated heterocycles. The number of hydrogen-bond acceptors (Lipinski definition) is 3. The zero-order valence-corrected chi connectivity index (χ0v) is 8.40. The van der Waals surface area contributed by atoms with Gasteiger partial charge in [0.05, 0.1) is 0 Å². The van der Waals surface area contributed by atoms with Crippen molar-refractivity contribution in [2.24, 2.45) is 0 Å². The number of likely N-dealkylation sites (N-methyl/N-ethyl adjacent to an activating group) is 1. The molecular weight excluding hydrogens is 182 g/mol. The van der Waals surface area contributed by atoms with E-state index in [-0.39, 0.29) is 12.1 Å². The number of ether oxygens (including phenoxy) is 1. The summed E-state index contributed by atoms with van der Waals surface area (Å²) in [6.07, 6.45) is 6.52. The molecule has 4 nitrogen and oxygen atoms in total. The molecule has 0 fully saturated rings. The van der Waals surface area contributed by atoms with E-state index in [2.05, 4.69) is 5.32 Å². The molecule has 14 heavy (non-hydrogen) atoms. The Morgan fingerprint density at radius 1 is 1.57 bits per heavy atom. The van der Waals surface area contributed by atoms with E-state index in [1.165, 1.54) is 0 Å². The minimum atomic E-state index is -1.21. The number of rotatable bonds is 2. The van der Waals surface area contributed by atoms with Crippen molar-refractivity contribution in [1.82, 2.24) is 5.32 Å². The van der Waals surface area contributed by atoms with Gasteiger partial charge in [0.15, 0.2) is 0 Å². The van der Waals surface area contributed by atoms with Crippen LogP contribution >= 0.6 is 0 Å². The fourth-order valence-corrected chi connectivity index (χ4v) is 1.70. The van der Waals surface area contributed by atoms with Crippen LogP contribution in [0.4, 0.5) is 4.79 Å². The molecule has 1 aliphatic carbocycles. The standard InChI is InChI=1S/C10H17NO3/c1-11-8-6-4-2-3-5-7-9(8)14-10(12)13/h5,7-9,11H,2-4,6H2,1H3,(H,12,13)/b7-5+. The average Bonchev–Trinajstić information content (AvgIpc) is 2.10. The van der Waals surface area contributed by atoms with E-state index in [4.69, 9.17) is 9.84 Å². The molecule has 0 aromatic heterocycles. The molecule has 0 aliphatic heterocycles. The SMILES string of the molecule is CNC1CCCC/C=C/C1OC(=O)O. The lowest BCUT2D eigenvalue weighted by molar-refractivity contribution is 0.0533. The molecule has 4 heteroatoms. The van der Waals surface area contributed by atoms with Gasteiger partial charge in [-0.25, -0.2) is 4.79 Å². The molecule has 1 aliphatic rings. The number of hydrogen-bond donors (Lipinski definition) is 2. The fourth-order valence-electron chi connectivity index (χ4n) is 1.70. The van der Waals surface area contributed by atoms with Crippen LogP contribution in [0.1, 0.15) is 25.7 Å². The second-order valence-electron chi connectivity index (χ2n) is 3.46. The van der Waals surface area contributed by atoms with Crippen molar-refractivity contribution in [3.63, 3.8) is 0 Å². The van der Waals surface area contributed by atoms with Crippen molar-refractivity contribution in [3.05, 3.63) is 12.2 Å². The summed E-state index contributed by atoms with van der Waals surface area (Å²) in [4.78, 5) is 10.4. The van der Waals surface area contributed by atoms with Gasteiger partial charge in [0.25, 0.3) is 0 Å². The first-order chi connectivity index (χ1) is 6.74. The largest absolute Gasteiger partial charge is 0.506 e. The highest BCUT2D eigenvalue weighted by Gasteiger charge is 2.21. The minimum absolute atomic E-state index is 0.0997. The first-order valence-corrected chi connectivity index (χ1v) is 4.97. The summed E-state index contributed by atoms with van der Waals surface area (Å²) in [6.45, 7) is 0. The fraction of sp³-hybridized carbons (Fsp3) is 0.700. The van der Waals surface area contributed by atoms with Crippen LogP contribution in [0, 0.1) is 0 Å². The molecule has 0 aromatic carbocycles. The number of carboxylic acid groups (broad SMARTS) is 1. The van der Waals surface area contributed by atoms with E-state index in [1.807, 2.05) is 19.2 Å². The quantitative estimate of drug-likeness (QED) is 0.525.